The van der Waals surface area contributed by atoms with E-state index in [1.165, 1.54) is 20.8 Å². The zero-order valence-corrected chi connectivity index (χ0v) is 78.6. The lowest BCUT2D eigenvalue weighted by atomic mass is 9.87. The van der Waals surface area contributed by atoms with Gasteiger partial charge in [-0.3, -0.25) is 19.2 Å². The number of carbonyl (C=O) groups excluding carboxylic acids is 4. The number of hydrogen-bond donors (Lipinski definition) is 31. The molecule has 0 aromatic carbocycles. The van der Waals surface area contributed by atoms with Crippen molar-refractivity contribution >= 4 is 23.4 Å². The van der Waals surface area contributed by atoms with Crippen LogP contribution < -0.4 is 10.6 Å². The third kappa shape index (κ3) is 29.2. The maximum Gasteiger partial charge on any atom is 0.217 e. The maximum absolute atomic E-state index is 13.5. The van der Waals surface area contributed by atoms with E-state index in [-0.39, 0.29) is 31.2 Å². The van der Waals surface area contributed by atoms with Gasteiger partial charge in [-0.15, -0.1) is 0 Å². The van der Waals surface area contributed by atoms with Crippen LogP contribution in [0, 0.1) is 17.8 Å². The molecule has 10 aliphatic heterocycles. The Bertz CT molecular complexity index is 3700. The van der Waals surface area contributed by atoms with E-state index in [2.05, 4.69) is 10.6 Å². The lowest BCUT2D eigenvalue weighted by molar-refractivity contribution is -0.393. The predicted molar refractivity (Wildman–Crippen MR) is 455 cm³/mol. The fourth-order valence-corrected chi connectivity index (χ4v) is 18.9. The fraction of sp³-hybridized carbons (Fsp3) is 0.953. The summed E-state index contributed by atoms with van der Waals surface area (Å²) in [5, 5.41) is 323. The number of carbonyl (C=O) groups is 4. The minimum atomic E-state index is -2.28. The van der Waals surface area contributed by atoms with E-state index in [9.17, 15) is 167 Å². The number of rotatable bonds is 49. The second-order valence-electron chi connectivity index (χ2n) is 37.6. The van der Waals surface area contributed by atoms with E-state index < -0.39 is 402 Å². The van der Waals surface area contributed by atoms with Crippen molar-refractivity contribution in [3.8, 4) is 0 Å². The minimum absolute atomic E-state index is 0.00190. The number of ketones is 2. The Morgan fingerprint density at radius 2 is 0.695 bits per heavy atom. The number of Topliss-reactive ketones (excluding diaryl/α,β-unsaturated/α-hetero) is 2. The van der Waals surface area contributed by atoms with Crippen LogP contribution in [0.3, 0.4) is 0 Å². The number of aliphatic hydroxyl groups is 29. The lowest BCUT2D eigenvalue weighted by Gasteiger charge is -2.51. The Labute approximate surface area is 809 Å². The van der Waals surface area contributed by atoms with Gasteiger partial charge in [0.15, 0.2) is 62.9 Å². The Morgan fingerprint density at radius 1 is 0.326 bits per heavy atom. The van der Waals surface area contributed by atoms with Crippen molar-refractivity contribution in [2.75, 3.05) is 72.7 Å². The SMILES string of the molecule is CC(=O)NC1[C@H](O[C@@H]2C(O)[C@H](O[C@H]3C(CO)O[C@@H](O[C@H]4C(CO)O[C@@H](OCCCCCC[C@H](C)C(=O)C[C@@H](CCCCCCO[C@@H]5OC(CO)[C@H](O[C@@H]6OC(CO)[C@H](O[C@@H]7OC(CO)[C@H](O)[C@H](O)C7C)[C@H](OC7CC(O)[C@@H](NC(C)=O)[C@@H]([C@H](O)[C@H](O)CO)O7)C6O)[C@H](O)C5O)C(C)=O)C(O)[C@H]4O)C(O)[C@H]3O)OC(CO)[C@@H]2O)OC(CO)[C@H](O)[C@@H]1O[C@@H]1OC(CO)[C@H](O)[C@H](O)C1O[C@@H]1OC(C)[C@H](O)[C@@H](O)C1O. The second kappa shape index (κ2) is 55.4. The number of ether oxygens (including phenoxy) is 20. The molecule has 10 aliphatic rings. The average Bonchev–Trinajstić information content (AvgIpc) is 0.762. The maximum atomic E-state index is 13.5. The first kappa shape index (κ1) is 119. The van der Waals surface area contributed by atoms with Crippen LogP contribution in [0.1, 0.15) is 119 Å². The topological polar surface area (TPSA) is 864 Å². The molecular formula is C86H148N2O53. The Balaban J connectivity index is 0.642. The first-order valence-electron chi connectivity index (χ1n) is 47.6. The van der Waals surface area contributed by atoms with E-state index in [1.54, 1.807) is 6.92 Å². The van der Waals surface area contributed by atoms with E-state index in [0.717, 1.165) is 13.8 Å². The van der Waals surface area contributed by atoms with Gasteiger partial charge >= 0.3 is 0 Å². The second-order valence-corrected chi connectivity index (χ2v) is 37.6. The summed E-state index contributed by atoms with van der Waals surface area (Å²) in [7, 11) is 0. The normalized spacial score (nSPS) is 45.1. The van der Waals surface area contributed by atoms with Crippen LogP contribution in [0.4, 0.5) is 0 Å². The molecule has 0 aliphatic carbocycles. The average molecular weight is 2060 g/mol. The molecule has 10 fully saturated rings. The van der Waals surface area contributed by atoms with Crippen molar-refractivity contribution in [3.63, 3.8) is 0 Å². The van der Waals surface area contributed by atoms with Gasteiger partial charge in [0.25, 0.3) is 0 Å². The van der Waals surface area contributed by atoms with Gasteiger partial charge in [-0.2, -0.15) is 0 Å². The number of amides is 2. The summed E-state index contributed by atoms with van der Waals surface area (Å²) in [5.74, 6) is -3.93. The number of hydrogen-bond acceptors (Lipinski definition) is 53. The van der Waals surface area contributed by atoms with Crippen LogP contribution in [0.15, 0.2) is 0 Å². The smallest absolute Gasteiger partial charge is 0.217 e. The molecule has 55 heteroatoms. The van der Waals surface area contributed by atoms with Crippen LogP contribution in [0.2, 0.25) is 0 Å². The lowest BCUT2D eigenvalue weighted by Crippen LogP contribution is -2.70. The third-order valence-electron chi connectivity index (χ3n) is 27.4. The molecule has 0 saturated carbocycles. The van der Waals surface area contributed by atoms with Gasteiger partial charge in [-0.05, 0) is 39.5 Å². The van der Waals surface area contributed by atoms with Crippen molar-refractivity contribution < 1.29 is 262 Å². The fourth-order valence-electron chi connectivity index (χ4n) is 18.9. The summed E-state index contributed by atoms with van der Waals surface area (Å²) >= 11 is 0. The molecule has 2 amide bonds. The van der Waals surface area contributed by atoms with Gasteiger partial charge in [-0.1, -0.05) is 52.4 Å². The van der Waals surface area contributed by atoms with Crippen molar-refractivity contribution in [2.45, 2.75) is 426 Å². The quantitative estimate of drug-likeness (QED) is 0.0252. The van der Waals surface area contributed by atoms with Crippen molar-refractivity contribution in [1.82, 2.24) is 10.6 Å². The molecule has 10 heterocycles. The van der Waals surface area contributed by atoms with Crippen molar-refractivity contribution in [1.29, 1.82) is 0 Å². The highest BCUT2D eigenvalue weighted by Gasteiger charge is 2.62. The molecule has 0 radical (unpaired) electrons. The van der Waals surface area contributed by atoms with Gasteiger partial charge in [0.2, 0.25) is 11.8 Å². The van der Waals surface area contributed by atoms with E-state index >= 15 is 0 Å². The van der Waals surface area contributed by atoms with Gasteiger partial charge in [0.05, 0.1) is 83.8 Å². The van der Waals surface area contributed by atoms with E-state index in [4.69, 9.17) is 94.7 Å². The number of unbranched alkanes of at least 4 members (excludes halogenated alkanes) is 6. The predicted octanol–water partition coefficient (Wildman–Crippen LogP) is -15.7. The van der Waals surface area contributed by atoms with Crippen molar-refractivity contribution in [3.05, 3.63) is 0 Å². The first-order valence-corrected chi connectivity index (χ1v) is 47.6. The highest BCUT2D eigenvalue weighted by molar-refractivity contribution is 5.87. The summed E-state index contributed by atoms with van der Waals surface area (Å²) in [6, 6.07) is -3.24. The molecule has 31 N–H and O–H groups in total. The molecule has 53 atom stereocenters. The molecule has 0 aromatic heterocycles. The monoisotopic (exact) mass is 2060 g/mol. The van der Waals surface area contributed by atoms with Gasteiger partial charge < -0.3 is 253 Å². The molecule has 0 spiro atoms. The number of aliphatic hydroxyl groups excluding tert-OH is 29. The first-order chi connectivity index (χ1) is 67.0. The Kier molecular flexibility index (Phi) is 46.8. The summed E-state index contributed by atoms with van der Waals surface area (Å²) in [4.78, 5) is 51.6. The van der Waals surface area contributed by atoms with E-state index in [1.807, 2.05) is 0 Å². The molecule has 0 bridgehead atoms. The molecule has 0 aromatic rings. The summed E-state index contributed by atoms with van der Waals surface area (Å²) < 4.78 is 118. The van der Waals surface area contributed by atoms with Gasteiger partial charge in [0.1, 0.15) is 231 Å². The summed E-state index contributed by atoms with van der Waals surface area (Å²) in [6.45, 7) is -0.834. The molecular weight excluding hydrogens is 1910 g/mol. The Hall–Kier alpha value is -3.68. The number of nitrogens with one attached hydrogen (secondary N) is 2. The zero-order chi connectivity index (χ0) is 104. The molecule has 10 saturated heterocycles. The zero-order valence-electron chi connectivity index (χ0n) is 78.6. The molecule has 820 valence electrons. The molecule has 141 heavy (non-hydrogen) atoms. The van der Waals surface area contributed by atoms with Crippen LogP contribution in [-0.4, -0.2) is 551 Å². The highest BCUT2D eigenvalue weighted by Crippen LogP contribution is 2.42. The third-order valence-corrected chi connectivity index (χ3v) is 27.4. The molecule has 55 nitrogen and oxygen atoms in total. The highest BCUT2D eigenvalue weighted by atomic mass is 16.8. The van der Waals surface area contributed by atoms with Crippen LogP contribution in [-0.2, 0) is 114 Å². The van der Waals surface area contributed by atoms with Gasteiger partial charge in [-0.25, -0.2) is 0 Å². The summed E-state index contributed by atoms with van der Waals surface area (Å²) in [6.07, 6.45) is -83.6. The van der Waals surface area contributed by atoms with Crippen molar-refractivity contribution in [2.24, 2.45) is 17.8 Å². The van der Waals surface area contributed by atoms with E-state index in [0.29, 0.717) is 64.2 Å². The standard InChI is InChI=1S/C86H148N2O53/c1-30(37(101)19-36(32(3)98)16-12-8-10-14-18-123-81-65(118)61(114)70(45(27-95)130-81)137-85-68(121)76(72(47(29-97)132-85)138-78-31(2)51(104)54(107)40(22-90)125-78)134-48-20-38(102)49(87-34(5)99)73(133-48)53(106)39(103)21-89)15-11-7-9-13-17-122-80-64(117)60(113)69(44(26-94)129-80)135-83-66(119)62(115)71(46(28-96)131-83)136-84-67(120)75(57(110)43(25-93)127-84)140-79-50(88-35(6)100)74(56(109)42(24-92)126-79)139-86-77(59(112)55(108)41(23-91)128-86)141-82-63(116)58(111)52(105)33(4)124-82/h30-31,33,36,38-86,89-97,102-121H,7-29H2,1-6H3,(H,87,99)(H,88,100)/t30-,31?,33?,36+,38?,39+,40?,41?,42?,43?,44?,45?,46?,47?,48?,49+,50?,51+,52-,53+,54-,55-,56-,57-,58+,59-,60+,61+,62+,63?,64?,65?,66?,67?,68?,69-,70-,71-,72-,73-,74+,75-,76+,77?,78-,79-,80+,81+,82-,83-,84-,85-,86-/m0/s1. The molecule has 20 unspecified atom stereocenters. The van der Waals surface area contributed by atoms with Gasteiger partial charge in [0, 0.05) is 57.7 Å². The van der Waals surface area contributed by atoms with Crippen LogP contribution >= 0.6 is 0 Å². The largest absolute Gasteiger partial charge is 0.394 e. The summed E-state index contributed by atoms with van der Waals surface area (Å²) in [5.41, 5.74) is 0. The van der Waals surface area contributed by atoms with Crippen LogP contribution in [0.25, 0.3) is 0 Å². The Morgan fingerprint density at radius 3 is 1.19 bits per heavy atom. The van der Waals surface area contributed by atoms with Crippen LogP contribution in [0.5, 0.6) is 0 Å². The minimum Gasteiger partial charge on any atom is -0.394 e. The molecule has 10 rings (SSSR count).